The van der Waals surface area contributed by atoms with Crippen molar-refractivity contribution < 1.29 is 24.3 Å². The highest BCUT2D eigenvalue weighted by Crippen LogP contribution is 2.34. The minimum atomic E-state index is -1.52. The van der Waals surface area contributed by atoms with Crippen molar-refractivity contribution in [1.29, 1.82) is 0 Å². The van der Waals surface area contributed by atoms with Crippen molar-refractivity contribution in [1.82, 2.24) is 15.0 Å². The molecule has 0 bridgehead atoms. The fourth-order valence-electron chi connectivity index (χ4n) is 3.27. The first-order valence-electron chi connectivity index (χ1n) is 9.52. The number of aryl methyl sites for hydroxylation is 1. The van der Waals surface area contributed by atoms with Crippen LogP contribution in [0.1, 0.15) is 45.9 Å². The first-order chi connectivity index (χ1) is 14.9. The smallest absolute Gasteiger partial charge is 0.360 e. The Labute approximate surface area is 178 Å². The Morgan fingerprint density at radius 3 is 2.58 bits per heavy atom. The molecule has 0 spiro atoms. The first-order valence-corrected chi connectivity index (χ1v) is 9.52. The molecule has 0 fully saturated rings. The Kier molecular flexibility index (Phi) is 6.61. The van der Waals surface area contributed by atoms with Gasteiger partial charge in [0.15, 0.2) is 5.69 Å². The first kappa shape index (κ1) is 21.9. The Balaban J connectivity index is 2.11. The summed E-state index contributed by atoms with van der Waals surface area (Å²) in [6.07, 6.45) is -1.52. The van der Waals surface area contributed by atoms with Crippen LogP contribution in [0, 0.1) is 17.0 Å². The zero-order chi connectivity index (χ0) is 22.5. The molecule has 0 aliphatic rings. The average Bonchev–Trinajstić information content (AvgIpc) is 3.17. The summed E-state index contributed by atoms with van der Waals surface area (Å²) in [4.78, 5) is 23.4. The van der Waals surface area contributed by atoms with Crippen LogP contribution >= 0.6 is 0 Å². The fourth-order valence-corrected chi connectivity index (χ4v) is 3.27. The van der Waals surface area contributed by atoms with Crippen molar-refractivity contribution in [3.63, 3.8) is 0 Å². The van der Waals surface area contributed by atoms with Crippen molar-refractivity contribution in [2.45, 2.75) is 26.5 Å². The molecular weight excluding hydrogens is 404 g/mol. The van der Waals surface area contributed by atoms with E-state index in [-0.39, 0.29) is 35.8 Å². The van der Waals surface area contributed by atoms with E-state index in [1.54, 1.807) is 51.3 Å². The predicted molar refractivity (Wildman–Crippen MR) is 110 cm³/mol. The van der Waals surface area contributed by atoms with E-state index in [0.717, 1.165) is 5.56 Å². The van der Waals surface area contributed by atoms with Gasteiger partial charge in [0.2, 0.25) is 0 Å². The van der Waals surface area contributed by atoms with Crippen LogP contribution in [0.15, 0.2) is 42.5 Å². The maximum absolute atomic E-state index is 12.5. The molecule has 0 aliphatic carbocycles. The van der Waals surface area contributed by atoms with E-state index in [2.05, 4.69) is 10.3 Å². The van der Waals surface area contributed by atoms with E-state index in [0.29, 0.717) is 11.3 Å². The molecule has 3 rings (SSSR count). The van der Waals surface area contributed by atoms with Gasteiger partial charge in [-0.2, -0.15) is 0 Å². The minimum Gasteiger partial charge on any atom is -0.497 e. The van der Waals surface area contributed by atoms with Gasteiger partial charge < -0.3 is 14.6 Å². The van der Waals surface area contributed by atoms with Crippen molar-refractivity contribution in [2.75, 3.05) is 13.7 Å². The maximum Gasteiger partial charge on any atom is 0.360 e. The molecule has 2 aromatic carbocycles. The molecule has 1 N–H and O–H groups in total. The Morgan fingerprint density at radius 1 is 1.26 bits per heavy atom. The number of aliphatic hydroxyl groups excluding tert-OH is 1. The summed E-state index contributed by atoms with van der Waals surface area (Å²) in [6, 6.07) is 11.6. The third-order valence-electron chi connectivity index (χ3n) is 4.76. The van der Waals surface area contributed by atoms with Gasteiger partial charge in [0.25, 0.3) is 5.69 Å². The molecule has 10 nitrogen and oxygen atoms in total. The molecule has 1 heterocycles. The van der Waals surface area contributed by atoms with Crippen molar-refractivity contribution in [3.8, 4) is 5.75 Å². The number of esters is 1. The summed E-state index contributed by atoms with van der Waals surface area (Å²) in [5, 5.41) is 30.7. The lowest BCUT2D eigenvalue weighted by Gasteiger charge is -2.16. The molecule has 162 valence electrons. The number of rotatable bonds is 8. The van der Waals surface area contributed by atoms with Crippen LogP contribution in [0.3, 0.4) is 0 Å². The lowest BCUT2D eigenvalue weighted by molar-refractivity contribution is -0.386. The van der Waals surface area contributed by atoms with Crippen LogP contribution in [-0.2, 0) is 11.3 Å². The second kappa shape index (κ2) is 9.35. The van der Waals surface area contributed by atoms with E-state index in [1.165, 1.54) is 16.8 Å². The summed E-state index contributed by atoms with van der Waals surface area (Å²) in [5.41, 5.74) is 0.922. The number of carbonyl (C=O) groups is 1. The van der Waals surface area contributed by atoms with Gasteiger partial charge in [-0.05, 0) is 37.1 Å². The molecule has 0 saturated carbocycles. The van der Waals surface area contributed by atoms with Gasteiger partial charge in [-0.15, -0.1) is 5.10 Å². The predicted octanol–water partition coefficient (Wildman–Crippen LogP) is 2.81. The molecule has 0 amide bonds. The molecular formula is C21H22N4O6. The van der Waals surface area contributed by atoms with E-state index in [4.69, 9.17) is 9.47 Å². The monoisotopic (exact) mass is 426 g/mol. The molecule has 1 unspecified atom stereocenters. The molecule has 0 saturated heterocycles. The summed E-state index contributed by atoms with van der Waals surface area (Å²) < 4.78 is 11.5. The lowest BCUT2D eigenvalue weighted by Crippen LogP contribution is -2.17. The lowest BCUT2D eigenvalue weighted by atomic mass is 9.97. The maximum atomic E-state index is 12.5. The Morgan fingerprint density at radius 2 is 1.97 bits per heavy atom. The third-order valence-corrected chi connectivity index (χ3v) is 4.76. The summed E-state index contributed by atoms with van der Waals surface area (Å²) in [6.45, 7) is 3.56. The van der Waals surface area contributed by atoms with Gasteiger partial charge in [-0.25, -0.2) is 9.48 Å². The van der Waals surface area contributed by atoms with Crippen LogP contribution in [0.2, 0.25) is 0 Å². The minimum absolute atomic E-state index is 0.0201. The van der Waals surface area contributed by atoms with E-state index >= 15 is 0 Å². The molecule has 0 radical (unpaired) electrons. The molecule has 1 atom stereocenters. The molecule has 10 heteroatoms. The Hall–Kier alpha value is -3.79. The summed E-state index contributed by atoms with van der Waals surface area (Å²) in [7, 11) is 1.56. The third kappa shape index (κ3) is 4.53. The molecule has 0 aliphatic heterocycles. The van der Waals surface area contributed by atoms with E-state index in [9.17, 15) is 20.0 Å². The highest BCUT2D eigenvalue weighted by molar-refractivity contribution is 5.88. The number of nitro groups is 1. The number of benzene rings is 2. The standard InChI is InChI=1S/C21H22N4O6/c1-4-31-21(27)18-19(20(26)17-13(2)6-5-7-16(17)25(28)29)24(23-22-18)12-14-8-10-15(30-3)11-9-14/h5-11,20,26H,4,12H2,1-3H3. The van der Waals surface area contributed by atoms with E-state index in [1.807, 2.05) is 0 Å². The van der Waals surface area contributed by atoms with Crippen LogP contribution in [0.25, 0.3) is 0 Å². The van der Waals surface area contributed by atoms with Crippen LogP contribution in [0.4, 0.5) is 5.69 Å². The average molecular weight is 426 g/mol. The van der Waals surface area contributed by atoms with E-state index < -0.39 is 17.0 Å². The van der Waals surface area contributed by atoms with Crippen LogP contribution < -0.4 is 4.74 Å². The second-order valence-corrected chi connectivity index (χ2v) is 6.72. The van der Waals surface area contributed by atoms with Crippen molar-refractivity contribution in [3.05, 3.63) is 80.7 Å². The SMILES string of the molecule is CCOC(=O)c1nnn(Cc2ccc(OC)cc2)c1C(O)c1c(C)cccc1[N+](=O)[O-]. The number of aliphatic hydroxyl groups is 1. The largest absolute Gasteiger partial charge is 0.497 e. The molecule has 3 aromatic rings. The fraction of sp³-hybridized carbons (Fsp3) is 0.286. The zero-order valence-corrected chi connectivity index (χ0v) is 17.3. The highest BCUT2D eigenvalue weighted by atomic mass is 16.6. The molecule has 1 aromatic heterocycles. The number of hydrogen-bond donors (Lipinski definition) is 1. The van der Waals surface area contributed by atoms with Gasteiger partial charge in [0, 0.05) is 6.07 Å². The van der Waals surface area contributed by atoms with Crippen LogP contribution in [0.5, 0.6) is 5.75 Å². The van der Waals surface area contributed by atoms with Crippen molar-refractivity contribution >= 4 is 11.7 Å². The van der Waals surface area contributed by atoms with Gasteiger partial charge in [0.05, 0.1) is 30.7 Å². The van der Waals surface area contributed by atoms with Gasteiger partial charge in [0.1, 0.15) is 17.5 Å². The number of nitrogens with zero attached hydrogens (tertiary/aromatic N) is 4. The number of methoxy groups -OCH3 is 1. The molecule has 31 heavy (non-hydrogen) atoms. The number of hydrogen-bond acceptors (Lipinski definition) is 8. The highest BCUT2D eigenvalue weighted by Gasteiger charge is 2.32. The summed E-state index contributed by atoms with van der Waals surface area (Å²) in [5.74, 6) is -0.0980. The van der Waals surface area contributed by atoms with Gasteiger partial charge in [-0.1, -0.05) is 29.5 Å². The topological polar surface area (TPSA) is 130 Å². The van der Waals surface area contributed by atoms with Gasteiger partial charge >= 0.3 is 5.97 Å². The van der Waals surface area contributed by atoms with Gasteiger partial charge in [-0.3, -0.25) is 10.1 Å². The number of carbonyl (C=O) groups excluding carboxylic acids is 1. The Bertz CT molecular complexity index is 1090. The number of nitro benzene ring substituents is 1. The zero-order valence-electron chi connectivity index (χ0n) is 17.3. The normalized spacial score (nSPS) is 11.7. The quantitative estimate of drug-likeness (QED) is 0.331. The number of ether oxygens (including phenoxy) is 2. The van der Waals surface area contributed by atoms with Crippen molar-refractivity contribution in [2.24, 2.45) is 0 Å². The van der Waals surface area contributed by atoms with Crippen LogP contribution in [-0.4, -0.2) is 44.7 Å². The summed E-state index contributed by atoms with van der Waals surface area (Å²) >= 11 is 0. The second-order valence-electron chi connectivity index (χ2n) is 6.72. The number of aromatic nitrogens is 3.